The fourth-order valence-corrected chi connectivity index (χ4v) is 11.9. The van der Waals surface area contributed by atoms with Gasteiger partial charge in [0.25, 0.3) is 0 Å². The zero-order valence-electron chi connectivity index (χ0n) is 44.1. The maximum absolute atomic E-state index is 16.0. The summed E-state index contributed by atoms with van der Waals surface area (Å²) in [5, 5.41) is 14.0. The van der Waals surface area contributed by atoms with Gasteiger partial charge < -0.3 is 47.7 Å². The van der Waals surface area contributed by atoms with Gasteiger partial charge in [-0.3, -0.25) is 14.5 Å². The second kappa shape index (κ2) is 20.6. The molecule has 4 fully saturated rings. The van der Waals surface area contributed by atoms with Crippen LogP contribution in [0.3, 0.4) is 0 Å². The Morgan fingerprint density at radius 1 is 0.772 bits per heavy atom. The lowest BCUT2D eigenvalue weighted by Gasteiger charge is -2.67. The summed E-state index contributed by atoms with van der Waals surface area (Å²) in [5.41, 5.74) is -12.4. The Kier molecular flexibility index (Phi) is 15.1. The lowest BCUT2D eigenvalue weighted by molar-refractivity contribution is -0.348. The third kappa shape index (κ3) is 10.3. The summed E-state index contributed by atoms with van der Waals surface area (Å²) in [5.74, 6) is -13.2. The second-order valence-electron chi connectivity index (χ2n) is 21.8. The molecule has 12 atom stereocenters. The minimum absolute atomic E-state index is 0.216. The van der Waals surface area contributed by atoms with Gasteiger partial charge in [-0.15, -0.1) is 0 Å². The predicted molar refractivity (Wildman–Crippen MR) is 257 cm³/mol. The Labute approximate surface area is 448 Å². The van der Waals surface area contributed by atoms with Crippen LogP contribution in [-0.4, -0.2) is 131 Å². The molecular weight excluding hydrogens is 1060 g/mol. The molecule has 426 valence electrons. The third-order valence-electron chi connectivity index (χ3n) is 15.6. The number of amides is 1. The predicted octanol–water partition coefficient (Wildman–Crippen LogP) is 7.94. The van der Waals surface area contributed by atoms with E-state index in [1.54, 1.807) is 75.4 Å². The van der Waals surface area contributed by atoms with E-state index in [0.717, 1.165) is 25.7 Å². The molecule has 24 heteroatoms. The second-order valence-corrected chi connectivity index (χ2v) is 21.8. The van der Waals surface area contributed by atoms with Crippen molar-refractivity contribution >= 4 is 41.7 Å². The third-order valence-corrected chi connectivity index (χ3v) is 15.6. The highest BCUT2D eigenvalue weighted by Gasteiger charge is 2.79. The molecule has 2 aliphatic heterocycles. The number of hydrogen-bond acceptors (Lipinski definition) is 17. The van der Waals surface area contributed by atoms with Gasteiger partial charge in [0.05, 0.1) is 30.6 Å². The highest BCUT2D eigenvalue weighted by Crippen LogP contribution is 2.65. The number of halogens is 6. The van der Waals surface area contributed by atoms with Crippen LogP contribution in [0.2, 0.25) is 0 Å². The number of carbonyl (C=O) groups is 7. The van der Waals surface area contributed by atoms with Crippen LogP contribution in [0.25, 0.3) is 0 Å². The van der Waals surface area contributed by atoms with Crippen LogP contribution in [0.4, 0.5) is 31.1 Å². The number of ether oxygens (including phenoxy) is 9. The van der Waals surface area contributed by atoms with Crippen LogP contribution in [-0.2, 0) is 61.9 Å². The number of benzene rings is 3. The number of nitrogens with zero attached hydrogens (tertiary/aromatic N) is 1. The maximum atomic E-state index is 16.0. The molecule has 3 aliphatic carbocycles. The molecule has 8 rings (SSSR count). The molecular formula is C55H57F6NO17. The molecule has 0 radical (unpaired) electrons. The van der Waals surface area contributed by atoms with Crippen molar-refractivity contribution in [2.24, 2.45) is 16.7 Å². The quantitative estimate of drug-likeness (QED) is 0.0880. The van der Waals surface area contributed by atoms with Crippen molar-refractivity contribution in [3.8, 4) is 5.75 Å². The highest BCUT2D eigenvalue weighted by molar-refractivity contribution is 5.96. The Bertz CT molecular complexity index is 2930. The number of esters is 5. The number of carbonyl (C=O) groups excluding carboxylic acids is 7. The number of methoxy groups -OCH3 is 1. The number of hydrogen-bond donors (Lipinski definition) is 1. The maximum Gasteiger partial charge on any atom is 0.490 e. The summed E-state index contributed by atoms with van der Waals surface area (Å²) in [6.45, 7) is 9.32. The fraction of sp³-hybridized carbons (Fsp3) is 0.509. The first kappa shape index (κ1) is 58.1. The van der Waals surface area contributed by atoms with Crippen molar-refractivity contribution in [3.63, 3.8) is 0 Å². The summed E-state index contributed by atoms with van der Waals surface area (Å²) in [7, 11) is 1.42. The first-order chi connectivity index (χ1) is 36.7. The van der Waals surface area contributed by atoms with Gasteiger partial charge in [-0.2, -0.15) is 26.3 Å². The average Bonchev–Trinajstić information content (AvgIpc) is 2.15. The Balaban J connectivity index is 1.36. The number of aliphatic hydroxyl groups is 1. The lowest BCUT2D eigenvalue weighted by Crippen LogP contribution is -2.82. The number of fused-ring (bicyclic) bond motifs is 5. The van der Waals surface area contributed by atoms with E-state index in [1.807, 2.05) is 0 Å². The highest BCUT2D eigenvalue weighted by atomic mass is 19.4. The monoisotopic (exact) mass is 1120 g/mol. The molecule has 2 heterocycles. The summed E-state index contributed by atoms with van der Waals surface area (Å²) < 4.78 is 139. The number of alkyl halides is 6. The normalized spacial score (nSPS) is 31.2. The van der Waals surface area contributed by atoms with Gasteiger partial charge in [0, 0.05) is 30.7 Å². The van der Waals surface area contributed by atoms with Crippen molar-refractivity contribution < 1.29 is 108 Å². The minimum Gasteiger partial charge on any atom is -0.497 e. The SMILES string of the molecule is COc1ccc(C2O[C@@H](C(=O)O[C@H]3C[C@@]4(O)[C@@H](OC(=O)c5ccccc5)C5[C@](C)(C(=O)[C@H](OC(=O)C(F)(F)F)C(=C3C)C4(C)C)[C@@H](OC(=O)C(F)(F)F)C[C@H]3OC[C@@]53OC(C)=O)[C@H](c3ccccc3)N2C(=O)OC(C)(C)C)cc1. The van der Waals surface area contributed by atoms with E-state index in [9.17, 15) is 55.4 Å². The van der Waals surface area contributed by atoms with E-state index in [0.29, 0.717) is 16.9 Å². The van der Waals surface area contributed by atoms with Crippen molar-refractivity contribution in [2.75, 3.05) is 13.7 Å². The van der Waals surface area contributed by atoms with Gasteiger partial charge >= 0.3 is 48.3 Å². The summed E-state index contributed by atoms with van der Waals surface area (Å²) in [6, 6.07) is 19.8. The summed E-state index contributed by atoms with van der Waals surface area (Å²) in [4.78, 5) is 101. The Morgan fingerprint density at radius 3 is 1.89 bits per heavy atom. The van der Waals surface area contributed by atoms with Crippen molar-refractivity contribution in [1.82, 2.24) is 4.90 Å². The first-order valence-electron chi connectivity index (χ1n) is 24.9. The van der Waals surface area contributed by atoms with Crippen LogP contribution >= 0.6 is 0 Å². The van der Waals surface area contributed by atoms with Crippen molar-refractivity contribution in [2.45, 2.75) is 146 Å². The van der Waals surface area contributed by atoms with E-state index in [2.05, 4.69) is 0 Å². The molecule has 2 saturated carbocycles. The molecule has 1 amide bonds. The summed E-state index contributed by atoms with van der Waals surface area (Å²) in [6.07, 6.45) is -29.0. The molecule has 0 aromatic heterocycles. The van der Waals surface area contributed by atoms with E-state index in [4.69, 9.17) is 42.6 Å². The van der Waals surface area contributed by atoms with Gasteiger partial charge in [-0.1, -0.05) is 74.5 Å². The number of Topliss-reactive ketones (excluding diaryl/α,β-unsaturated/α-hetero) is 1. The first-order valence-corrected chi connectivity index (χ1v) is 24.9. The zero-order chi connectivity index (χ0) is 58.2. The van der Waals surface area contributed by atoms with E-state index >= 15 is 9.59 Å². The van der Waals surface area contributed by atoms with Crippen LogP contribution in [0, 0.1) is 16.7 Å². The largest absolute Gasteiger partial charge is 0.497 e. The molecule has 2 saturated heterocycles. The number of rotatable bonds is 10. The van der Waals surface area contributed by atoms with E-state index < -0.39 is 162 Å². The average molecular weight is 1120 g/mol. The molecule has 2 bridgehead atoms. The minimum atomic E-state index is -5.88. The molecule has 79 heavy (non-hydrogen) atoms. The van der Waals surface area contributed by atoms with Crippen LogP contribution in [0.15, 0.2) is 96.1 Å². The van der Waals surface area contributed by atoms with E-state index in [-0.39, 0.29) is 11.1 Å². The van der Waals surface area contributed by atoms with E-state index in [1.165, 1.54) is 51.3 Å². The van der Waals surface area contributed by atoms with Crippen LogP contribution in [0.1, 0.15) is 102 Å². The molecule has 1 N–H and O–H groups in total. The molecule has 0 spiro atoms. The smallest absolute Gasteiger partial charge is 0.490 e. The molecule has 2 unspecified atom stereocenters. The standard InChI is InChI=1S/C55H57F6NO17/c1-27-33(73-45(66)39-37(29-16-12-10-13-17-29)62(48(69)79-49(3,4)5)43(75-39)30-20-22-32(71-9)23-21-30)25-53(70)42(77-44(65)31-18-14-11-15-19-31)40-51(8,41(64)38(36(27)50(53,6)7)76-47(68)55(59,60)61)34(74-46(67)54(56,57)58)24-35-52(40,26-72-35)78-28(2)63/h10-23,33-35,37-40,42-43,70H,24-26H2,1-9H3/t33-,34-,35+,37-,38+,39+,40?,42-,43?,51+,52-,53+/m0/s1. The van der Waals surface area contributed by atoms with Gasteiger partial charge in [0.1, 0.15) is 47.4 Å². The van der Waals surface area contributed by atoms with Gasteiger partial charge in [-0.25, -0.2) is 24.0 Å². The Hall–Kier alpha value is -7.05. The Morgan fingerprint density at radius 2 is 1.35 bits per heavy atom. The van der Waals surface area contributed by atoms with Gasteiger partial charge in [0.2, 0.25) is 0 Å². The van der Waals surface area contributed by atoms with Crippen molar-refractivity contribution in [3.05, 3.63) is 113 Å². The van der Waals surface area contributed by atoms with Crippen LogP contribution in [0.5, 0.6) is 5.75 Å². The van der Waals surface area contributed by atoms with Gasteiger partial charge in [-0.05, 0) is 75.6 Å². The number of ketones is 1. The topological polar surface area (TPSA) is 226 Å². The van der Waals surface area contributed by atoms with Crippen LogP contribution < -0.4 is 4.74 Å². The fourth-order valence-electron chi connectivity index (χ4n) is 11.9. The van der Waals surface area contributed by atoms with Crippen molar-refractivity contribution in [1.29, 1.82) is 0 Å². The molecule has 5 aliphatic rings. The molecule has 3 aromatic rings. The van der Waals surface area contributed by atoms with Gasteiger partial charge in [0.15, 0.2) is 29.8 Å². The molecule has 18 nitrogen and oxygen atoms in total. The molecule has 3 aromatic carbocycles. The summed E-state index contributed by atoms with van der Waals surface area (Å²) >= 11 is 0. The lowest BCUT2D eigenvalue weighted by atomic mass is 9.44. The zero-order valence-corrected chi connectivity index (χ0v) is 44.1.